The van der Waals surface area contributed by atoms with Gasteiger partial charge in [0.15, 0.2) is 0 Å². The van der Waals surface area contributed by atoms with Crippen LogP contribution in [-0.2, 0) is 21.3 Å². The van der Waals surface area contributed by atoms with Crippen LogP contribution >= 0.6 is 0 Å². The Balaban J connectivity index is 1.49. The van der Waals surface area contributed by atoms with Crippen molar-refractivity contribution < 1.29 is 17.9 Å². The number of amides is 1. The molecule has 168 valence electrons. The number of rotatable bonds is 7. The molecule has 32 heavy (non-hydrogen) atoms. The van der Waals surface area contributed by atoms with Gasteiger partial charge in [0.25, 0.3) is 11.5 Å². The van der Waals surface area contributed by atoms with Crippen molar-refractivity contribution in [2.45, 2.75) is 30.4 Å². The molecule has 2 heterocycles. The molecule has 1 saturated heterocycles. The molecule has 1 aromatic heterocycles. The van der Waals surface area contributed by atoms with Crippen LogP contribution in [0.15, 0.2) is 58.2 Å². The van der Waals surface area contributed by atoms with Crippen LogP contribution in [0.25, 0.3) is 10.9 Å². The summed E-state index contributed by atoms with van der Waals surface area (Å²) < 4.78 is 33.3. The number of sulfonamides is 1. The smallest absolute Gasteiger partial charge is 0.258 e. The van der Waals surface area contributed by atoms with E-state index in [-0.39, 0.29) is 35.2 Å². The summed E-state index contributed by atoms with van der Waals surface area (Å²) in [6.07, 6.45) is 1.61. The van der Waals surface area contributed by atoms with Crippen molar-refractivity contribution in [3.63, 3.8) is 0 Å². The standard InChI is InChI=1S/C22H24N4O5S/c1-26(14-20-24-19-10-3-2-9-18(19)21(27)25-20)22(28)15-6-4-8-17(12-15)32(29,30)23-13-16-7-5-11-31-16/h2-4,6,8-10,12,16,23H,5,7,11,13-14H2,1H3,(H,24,25,27)/t16-/m0/s1. The molecular weight excluding hydrogens is 432 g/mol. The van der Waals surface area contributed by atoms with Gasteiger partial charge in [0.05, 0.1) is 28.4 Å². The number of carbonyl (C=O) groups is 1. The van der Waals surface area contributed by atoms with Gasteiger partial charge in [-0.2, -0.15) is 0 Å². The average molecular weight is 457 g/mol. The number of nitrogens with one attached hydrogen (secondary N) is 2. The van der Waals surface area contributed by atoms with Gasteiger partial charge in [-0.1, -0.05) is 18.2 Å². The molecule has 0 spiro atoms. The summed E-state index contributed by atoms with van der Waals surface area (Å²) in [5, 5.41) is 0.471. The highest BCUT2D eigenvalue weighted by molar-refractivity contribution is 7.89. The number of aromatic nitrogens is 2. The number of aromatic amines is 1. The van der Waals surface area contributed by atoms with E-state index in [4.69, 9.17) is 4.74 Å². The molecule has 4 rings (SSSR count). The zero-order valence-corrected chi connectivity index (χ0v) is 18.4. The van der Waals surface area contributed by atoms with Gasteiger partial charge >= 0.3 is 0 Å². The van der Waals surface area contributed by atoms with Gasteiger partial charge in [0.2, 0.25) is 10.0 Å². The number of nitrogens with zero attached hydrogens (tertiary/aromatic N) is 2. The quantitative estimate of drug-likeness (QED) is 0.558. The number of H-pyrrole nitrogens is 1. The minimum Gasteiger partial charge on any atom is -0.377 e. The molecule has 2 aromatic carbocycles. The summed E-state index contributed by atoms with van der Waals surface area (Å²) in [7, 11) is -2.22. The molecule has 0 unspecified atom stereocenters. The first-order valence-corrected chi connectivity index (χ1v) is 11.8. The molecule has 1 atom stereocenters. The third-order valence-corrected chi connectivity index (χ3v) is 6.73. The fourth-order valence-electron chi connectivity index (χ4n) is 3.61. The number of para-hydroxylation sites is 1. The molecular formula is C22H24N4O5S. The molecule has 0 saturated carbocycles. The Hall–Kier alpha value is -3.08. The maximum Gasteiger partial charge on any atom is 0.258 e. The molecule has 1 aliphatic heterocycles. The van der Waals surface area contributed by atoms with Crippen molar-refractivity contribution in [1.29, 1.82) is 0 Å². The topological polar surface area (TPSA) is 121 Å². The Morgan fingerprint density at radius 2 is 2.06 bits per heavy atom. The Bertz CT molecular complexity index is 1300. The molecule has 9 nitrogen and oxygen atoms in total. The number of ether oxygens (including phenoxy) is 1. The van der Waals surface area contributed by atoms with Crippen LogP contribution in [0, 0.1) is 0 Å². The van der Waals surface area contributed by atoms with Crippen molar-refractivity contribution in [2.24, 2.45) is 0 Å². The summed E-state index contributed by atoms with van der Waals surface area (Å²) in [5.41, 5.74) is 0.477. The lowest BCUT2D eigenvalue weighted by Crippen LogP contribution is -2.32. The maximum absolute atomic E-state index is 12.9. The van der Waals surface area contributed by atoms with Gasteiger partial charge < -0.3 is 14.6 Å². The Labute approximate surface area is 185 Å². The van der Waals surface area contributed by atoms with E-state index in [0.717, 1.165) is 12.8 Å². The van der Waals surface area contributed by atoms with E-state index in [0.29, 0.717) is 23.3 Å². The molecule has 0 aliphatic carbocycles. The predicted octanol–water partition coefficient (Wildman–Crippen LogP) is 1.65. The summed E-state index contributed by atoms with van der Waals surface area (Å²) in [5.74, 6) is -0.0523. The summed E-state index contributed by atoms with van der Waals surface area (Å²) >= 11 is 0. The molecule has 1 fully saturated rings. The van der Waals surface area contributed by atoms with Gasteiger partial charge in [-0.25, -0.2) is 18.1 Å². The minimum atomic E-state index is -3.78. The Morgan fingerprint density at radius 1 is 1.25 bits per heavy atom. The van der Waals surface area contributed by atoms with E-state index < -0.39 is 15.9 Å². The van der Waals surface area contributed by atoms with E-state index in [1.807, 2.05) is 0 Å². The molecule has 1 aliphatic rings. The van der Waals surface area contributed by atoms with Crippen LogP contribution in [-0.4, -0.2) is 55.5 Å². The highest BCUT2D eigenvalue weighted by atomic mass is 32.2. The molecule has 3 aromatic rings. The van der Waals surface area contributed by atoms with Crippen LogP contribution in [0.2, 0.25) is 0 Å². The first-order valence-electron chi connectivity index (χ1n) is 10.3. The van der Waals surface area contributed by atoms with Crippen LogP contribution in [0.1, 0.15) is 29.0 Å². The van der Waals surface area contributed by atoms with Crippen LogP contribution in [0.5, 0.6) is 0 Å². The highest BCUT2D eigenvalue weighted by Gasteiger charge is 2.22. The Morgan fingerprint density at radius 3 is 2.84 bits per heavy atom. The lowest BCUT2D eigenvalue weighted by atomic mass is 10.2. The largest absolute Gasteiger partial charge is 0.377 e. The van der Waals surface area contributed by atoms with Crippen molar-refractivity contribution >= 4 is 26.8 Å². The normalized spacial score (nSPS) is 16.3. The van der Waals surface area contributed by atoms with E-state index in [2.05, 4.69) is 14.7 Å². The van der Waals surface area contributed by atoms with E-state index >= 15 is 0 Å². The van der Waals surface area contributed by atoms with Gasteiger partial charge in [0, 0.05) is 25.8 Å². The van der Waals surface area contributed by atoms with Crippen molar-refractivity contribution in [1.82, 2.24) is 19.6 Å². The summed E-state index contributed by atoms with van der Waals surface area (Å²) in [6, 6.07) is 12.8. The van der Waals surface area contributed by atoms with Gasteiger partial charge in [-0.3, -0.25) is 9.59 Å². The Kier molecular flexibility index (Phi) is 6.35. The summed E-state index contributed by atoms with van der Waals surface area (Å²) in [4.78, 5) is 33.6. The third-order valence-electron chi connectivity index (χ3n) is 5.31. The second-order valence-corrected chi connectivity index (χ2v) is 9.47. The van der Waals surface area contributed by atoms with Gasteiger partial charge in [0.1, 0.15) is 5.82 Å². The predicted molar refractivity (Wildman–Crippen MR) is 119 cm³/mol. The van der Waals surface area contributed by atoms with E-state index in [9.17, 15) is 18.0 Å². The first kappa shape index (κ1) is 22.1. The number of hydrogen-bond acceptors (Lipinski definition) is 6. The second kappa shape index (κ2) is 9.19. The monoisotopic (exact) mass is 456 g/mol. The minimum absolute atomic E-state index is 0.00647. The molecule has 10 heteroatoms. The lowest BCUT2D eigenvalue weighted by Gasteiger charge is -2.17. The lowest BCUT2D eigenvalue weighted by molar-refractivity contribution is 0.0781. The van der Waals surface area contributed by atoms with E-state index in [1.165, 1.54) is 23.1 Å². The number of fused-ring (bicyclic) bond motifs is 1. The molecule has 0 radical (unpaired) electrons. The first-order chi connectivity index (χ1) is 15.3. The van der Waals surface area contributed by atoms with Crippen LogP contribution in [0.3, 0.4) is 0 Å². The van der Waals surface area contributed by atoms with Crippen molar-refractivity contribution in [3.8, 4) is 0 Å². The third kappa shape index (κ3) is 4.87. The average Bonchev–Trinajstić information content (AvgIpc) is 3.31. The number of benzene rings is 2. The van der Waals surface area contributed by atoms with Gasteiger partial charge in [-0.15, -0.1) is 0 Å². The highest BCUT2D eigenvalue weighted by Crippen LogP contribution is 2.16. The second-order valence-electron chi connectivity index (χ2n) is 7.71. The molecule has 2 N–H and O–H groups in total. The molecule has 0 bridgehead atoms. The van der Waals surface area contributed by atoms with E-state index in [1.54, 1.807) is 37.4 Å². The fourth-order valence-corrected chi connectivity index (χ4v) is 4.73. The zero-order chi connectivity index (χ0) is 22.7. The van der Waals surface area contributed by atoms with Gasteiger partial charge in [-0.05, 0) is 43.2 Å². The van der Waals surface area contributed by atoms with Crippen LogP contribution in [0.4, 0.5) is 0 Å². The number of hydrogen-bond donors (Lipinski definition) is 2. The maximum atomic E-state index is 12.9. The van der Waals surface area contributed by atoms with Crippen molar-refractivity contribution in [3.05, 3.63) is 70.3 Å². The van der Waals surface area contributed by atoms with Crippen LogP contribution < -0.4 is 10.3 Å². The summed E-state index contributed by atoms with van der Waals surface area (Å²) in [6.45, 7) is 0.897. The van der Waals surface area contributed by atoms with Crippen molar-refractivity contribution in [2.75, 3.05) is 20.2 Å². The molecule has 1 amide bonds. The number of carbonyl (C=O) groups excluding carboxylic acids is 1. The fraction of sp³-hybridized carbons (Fsp3) is 0.318. The SMILES string of the molecule is CN(Cc1nc2ccccc2c(=O)[nH]1)C(=O)c1cccc(S(=O)(=O)NC[C@@H]2CCCO2)c1. The zero-order valence-electron chi connectivity index (χ0n) is 17.6.